The van der Waals surface area contributed by atoms with E-state index in [2.05, 4.69) is 5.16 Å². The quantitative estimate of drug-likeness (QED) is 0.721. The molecule has 0 unspecified atom stereocenters. The molecule has 0 spiro atoms. The third kappa shape index (κ3) is 3.13. The number of ether oxygens (including phenoxy) is 1. The first-order chi connectivity index (χ1) is 12.7. The lowest BCUT2D eigenvalue weighted by atomic mass is 10.0. The third-order valence-corrected chi connectivity index (χ3v) is 4.65. The highest BCUT2D eigenvalue weighted by Gasteiger charge is 2.30. The lowest BCUT2D eigenvalue weighted by molar-refractivity contribution is -0.0228. The van der Waals surface area contributed by atoms with Gasteiger partial charge in [0.05, 0.1) is 13.2 Å². The molecule has 1 amide bonds. The van der Waals surface area contributed by atoms with E-state index in [9.17, 15) is 4.79 Å². The van der Waals surface area contributed by atoms with E-state index in [1.165, 1.54) is 0 Å². The van der Waals surface area contributed by atoms with Crippen LogP contribution >= 0.6 is 0 Å². The van der Waals surface area contributed by atoms with Crippen molar-refractivity contribution in [2.45, 2.75) is 13.0 Å². The highest BCUT2D eigenvalue weighted by Crippen LogP contribution is 2.29. The Hall–Kier alpha value is -2.92. The Morgan fingerprint density at radius 1 is 1.08 bits per heavy atom. The van der Waals surface area contributed by atoms with Gasteiger partial charge in [-0.3, -0.25) is 4.79 Å². The number of hydrogen-bond acceptors (Lipinski definition) is 4. The van der Waals surface area contributed by atoms with Crippen molar-refractivity contribution in [1.82, 2.24) is 10.1 Å². The Balaban J connectivity index is 1.61. The van der Waals surface area contributed by atoms with Crippen molar-refractivity contribution in [1.29, 1.82) is 0 Å². The van der Waals surface area contributed by atoms with Gasteiger partial charge in [0.2, 0.25) is 0 Å². The van der Waals surface area contributed by atoms with E-state index in [1.54, 1.807) is 6.92 Å². The first-order valence-corrected chi connectivity index (χ1v) is 8.71. The lowest BCUT2D eigenvalue weighted by Gasteiger charge is -2.33. The Morgan fingerprint density at radius 2 is 1.77 bits per heavy atom. The Kier molecular flexibility index (Phi) is 4.54. The number of hydrogen-bond donors (Lipinski definition) is 0. The fourth-order valence-electron chi connectivity index (χ4n) is 3.28. The van der Waals surface area contributed by atoms with Gasteiger partial charge in [-0.2, -0.15) is 0 Å². The molecular weight excluding hydrogens is 328 g/mol. The van der Waals surface area contributed by atoms with Crippen LogP contribution in [0.25, 0.3) is 11.3 Å². The van der Waals surface area contributed by atoms with Crippen LogP contribution in [0.15, 0.2) is 65.2 Å². The summed E-state index contributed by atoms with van der Waals surface area (Å²) in [6.07, 6.45) is -0.116. The first kappa shape index (κ1) is 16.5. The molecule has 5 heteroatoms. The van der Waals surface area contributed by atoms with Crippen molar-refractivity contribution >= 4 is 5.91 Å². The van der Waals surface area contributed by atoms with Gasteiger partial charge in [0, 0.05) is 12.1 Å². The topological polar surface area (TPSA) is 55.6 Å². The number of aromatic nitrogens is 1. The van der Waals surface area contributed by atoms with Crippen LogP contribution in [-0.2, 0) is 4.74 Å². The van der Waals surface area contributed by atoms with Crippen LogP contribution in [0, 0.1) is 6.92 Å². The van der Waals surface area contributed by atoms with Crippen LogP contribution in [0.1, 0.15) is 27.8 Å². The van der Waals surface area contributed by atoms with Crippen molar-refractivity contribution in [3.8, 4) is 11.3 Å². The maximum absolute atomic E-state index is 13.2. The minimum atomic E-state index is -0.116. The second-order valence-electron chi connectivity index (χ2n) is 6.35. The van der Waals surface area contributed by atoms with Gasteiger partial charge in [0.15, 0.2) is 0 Å². The molecule has 4 rings (SSSR count). The summed E-state index contributed by atoms with van der Waals surface area (Å²) in [4.78, 5) is 15.0. The molecule has 1 aliphatic heterocycles. The van der Waals surface area contributed by atoms with Crippen LogP contribution in [0.5, 0.6) is 0 Å². The molecule has 2 heterocycles. The molecule has 0 saturated carbocycles. The molecule has 0 N–H and O–H groups in total. The molecule has 1 aliphatic rings. The summed E-state index contributed by atoms with van der Waals surface area (Å²) < 4.78 is 11.2. The molecule has 0 bridgehead atoms. The van der Waals surface area contributed by atoms with E-state index in [-0.39, 0.29) is 12.0 Å². The third-order valence-electron chi connectivity index (χ3n) is 4.65. The smallest absolute Gasteiger partial charge is 0.259 e. The van der Waals surface area contributed by atoms with Crippen LogP contribution in [0.4, 0.5) is 0 Å². The number of benzene rings is 2. The summed E-state index contributed by atoms with van der Waals surface area (Å²) in [7, 11) is 0. The molecule has 1 saturated heterocycles. The van der Waals surface area contributed by atoms with Crippen LogP contribution in [0.2, 0.25) is 0 Å². The number of nitrogens with zero attached hydrogens (tertiary/aromatic N) is 2. The number of amides is 1. The number of aryl methyl sites for hydroxylation is 1. The van der Waals surface area contributed by atoms with Crippen LogP contribution < -0.4 is 0 Å². The minimum Gasteiger partial charge on any atom is -0.370 e. The normalized spacial score (nSPS) is 17.3. The van der Waals surface area contributed by atoms with Crippen molar-refractivity contribution < 1.29 is 14.1 Å². The molecular formula is C21H20N2O3. The highest BCUT2D eigenvalue weighted by molar-refractivity contribution is 6.00. The van der Waals surface area contributed by atoms with E-state index in [0.717, 1.165) is 11.1 Å². The van der Waals surface area contributed by atoms with Gasteiger partial charge in [0.1, 0.15) is 23.1 Å². The summed E-state index contributed by atoms with van der Waals surface area (Å²) in [6, 6.07) is 19.6. The van der Waals surface area contributed by atoms with E-state index in [4.69, 9.17) is 9.26 Å². The Bertz CT molecular complexity index is 890. The maximum atomic E-state index is 13.2. The van der Waals surface area contributed by atoms with Gasteiger partial charge >= 0.3 is 0 Å². The zero-order valence-corrected chi connectivity index (χ0v) is 14.6. The molecule has 1 fully saturated rings. The molecule has 5 nitrogen and oxygen atoms in total. The molecule has 26 heavy (non-hydrogen) atoms. The SMILES string of the molecule is Cc1onc(-c2ccccc2)c1C(=O)N1CCO[C@H](c2ccccc2)C1. The number of carbonyl (C=O) groups is 1. The predicted molar refractivity (Wildman–Crippen MR) is 97.7 cm³/mol. The van der Waals surface area contributed by atoms with Crippen molar-refractivity contribution in [3.63, 3.8) is 0 Å². The van der Waals surface area contributed by atoms with Gasteiger partial charge in [-0.05, 0) is 12.5 Å². The minimum absolute atomic E-state index is 0.0631. The number of rotatable bonds is 3. The summed E-state index contributed by atoms with van der Waals surface area (Å²) in [5, 5.41) is 4.13. The van der Waals surface area contributed by atoms with Gasteiger partial charge in [-0.15, -0.1) is 0 Å². The summed E-state index contributed by atoms with van der Waals surface area (Å²) in [5.41, 5.74) is 3.08. The molecule has 0 aliphatic carbocycles. The average Bonchev–Trinajstić information content (AvgIpc) is 3.10. The van der Waals surface area contributed by atoms with Crippen molar-refractivity contribution in [3.05, 3.63) is 77.6 Å². The maximum Gasteiger partial charge on any atom is 0.259 e. The van der Waals surface area contributed by atoms with Gasteiger partial charge in [-0.25, -0.2) is 0 Å². The lowest BCUT2D eigenvalue weighted by Crippen LogP contribution is -2.42. The summed E-state index contributed by atoms with van der Waals surface area (Å²) in [6.45, 7) is 3.36. The predicted octanol–water partition coefficient (Wildman–Crippen LogP) is 3.86. The second-order valence-corrected chi connectivity index (χ2v) is 6.35. The van der Waals surface area contributed by atoms with Crippen LogP contribution in [-0.4, -0.2) is 35.7 Å². The second kappa shape index (κ2) is 7.14. The standard InChI is InChI=1S/C21H20N2O3/c1-15-19(20(22-26-15)17-10-6-3-7-11-17)21(24)23-12-13-25-18(14-23)16-8-4-2-5-9-16/h2-11,18H,12-14H2,1H3/t18-/m0/s1. The molecule has 0 radical (unpaired) electrons. The van der Waals surface area contributed by atoms with Gasteiger partial charge in [0.25, 0.3) is 5.91 Å². The zero-order valence-electron chi connectivity index (χ0n) is 14.6. The number of morpholine rings is 1. The van der Waals surface area contributed by atoms with E-state index in [1.807, 2.05) is 65.6 Å². The molecule has 2 aromatic carbocycles. The van der Waals surface area contributed by atoms with Gasteiger partial charge in [-0.1, -0.05) is 65.8 Å². The molecule has 1 aromatic heterocycles. The average molecular weight is 348 g/mol. The van der Waals surface area contributed by atoms with E-state index in [0.29, 0.717) is 36.7 Å². The first-order valence-electron chi connectivity index (χ1n) is 8.71. The zero-order chi connectivity index (χ0) is 17.9. The van der Waals surface area contributed by atoms with E-state index < -0.39 is 0 Å². The number of carbonyl (C=O) groups excluding carboxylic acids is 1. The highest BCUT2D eigenvalue weighted by atomic mass is 16.5. The fourth-order valence-corrected chi connectivity index (χ4v) is 3.28. The van der Waals surface area contributed by atoms with Crippen LogP contribution in [0.3, 0.4) is 0 Å². The van der Waals surface area contributed by atoms with Crippen molar-refractivity contribution in [2.24, 2.45) is 0 Å². The molecule has 132 valence electrons. The van der Waals surface area contributed by atoms with Gasteiger partial charge < -0.3 is 14.2 Å². The molecule has 3 aromatic rings. The Morgan fingerprint density at radius 3 is 2.50 bits per heavy atom. The summed E-state index contributed by atoms with van der Waals surface area (Å²) >= 11 is 0. The fraction of sp³-hybridized carbons (Fsp3) is 0.238. The monoisotopic (exact) mass is 348 g/mol. The van der Waals surface area contributed by atoms with Crippen molar-refractivity contribution in [2.75, 3.05) is 19.7 Å². The largest absolute Gasteiger partial charge is 0.370 e. The Labute approximate surface area is 152 Å². The van der Waals surface area contributed by atoms with E-state index >= 15 is 0 Å². The molecule has 1 atom stereocenters. The summed E-state index contributed by atoms with van der Waals surface area (Å²) in [5.74, 6) is 0.475.